The average molecular weight is 460 g/mol. The zero-order valence-corrected chi connectivity index (χ0v) is 19.2. The fourth-order valence-electron chi connectivity index (χ4n) is 4.08. The Labute approximate surface area is 198 Å². The number of ether oxygens (including phenoxy) is 2. The molecule has 34 heavy (non-hydrogen) atoms. The van der Waals surface area contributed by atoms with Crippen LogP contribution in [0.1, 0.15) is 23.6 Å². The maximum Gasteiger partial charge on any atom is 0.370 e. The van der Waals surface area contributed by atoms with Crippen LogP contribution in [0, 0.1) is 0 Å². The molecule has 1 aliphatic rings. The third-order valence-corrected chi connectivity index (χ3v) is 5.71. The molecule has 0 spiro atoms. The molecular weight excluding hydrogens is 432 g/mol. The highest BCUT2D eigenvalue weighted by Crippen LogP contribution is 2.36. The number of aromatic nitrogens is 1. The molecule has 174 valence electrons. The van der Waals surface area contributed by atoms with Gasteiger partial charge in [0.1, 0.15) is 5.75 Å². The minimum absolute atomic E-state index is 0.145. The molecule has 0 aliphatic carbocycles. The summed E-state index contributed by atoms with van der Waals surface area (Å²) in [6.45, 7) is 2.77. The van der Waals surface area contributed by atoms with Crippen LogP contribution in [-0.4, -0.2) is 37.3 Å². The molecule has 0 radical (unpaired) electrons. The summed E-state index contributed by atoms with van der Waals surface area (Å²) < 4.78 is 12.1. The Hall–Kier alpha value is -4.13. The molecule has 0 saturated heterocycles. The number of benzene rings is 2. The van der Waals surface area contributed by atoms with Gasteiger partial charge in [-0.2, -0.15) is 4.57 Å². The van der Waals surface area contributed by atoms with Crippen molar-refractivity contribution in [2.45, 2.75) is 19.9 Å². The first-order valence-electron chi connectivity index (χ1n) is 11.1. The van der Waals surface area contributed by atoms with Crippen molar-refractivity contribution in [1.29, 1.82) is 0 Å². The van der Waals surface area contributed by atoms with Crippen molar-refractivity contribution in [3.8, 4) is 5.75 Å². The lowest BCUT2D eigenvalue weighted by atomic mass is 10.0. The van der Waals surface area contributed by atoms with Crippen molar-refractivity contribution in [3.63, 3.8) is 0 Å². The minimum Gasteiger partial charge on any atom is -0.497 e. The molecule has 2 aromatic carbocycles. The molecule has 7 nitrogen and oxygen atoms in total. The van der Waals surface area contributed by atoms with Crippen LogP contribution in [0.5, 0.6) is 5.75 Å². The smallest absolute Gasteiger partial charge is 0.370 e. The second-order valence-electron chi connectivity index (χ2n) is 7.92. The molecule has 4 rings (SSSR count). The number of anilines is 2. The van der Waals surface area contributed by atoms with Crippen LogP contribution in [0.3, 0.4) is 0 Å². The summed E-state index contributed by atoms with van der Waals surface area (Å²) in [4.78, 5) is 25.9. The van der Waals surface area contributed by atoms with Crippen molar-refractivity contribution < 1.29 is 28.7 Å². The predicted octanol–water partition coefficient (Wildman–Crippen LogP) is 3.87. The lowest BCUT2D eigenvalue weighted by Crippen LogP contribution is -2.37. The summed E-state index contributed by atoms with van der Waals surface area (Å²) in [5, 5.41) is 8.97. The van der Waals surface area contributed by atoms with E-state index in [0.717, 1.165) is 35.7 Å². The van der Waals surface area contributed by atoms with Gasteiger partial charge in [-0.05, 0) is 66.9 Å². The zero-order chi connectivity index (χ0) is 24.1. The van der Waals surface area contributed by atoms with Gasteiger partial charge in [0.2, 0.25) is 6.54 Å². The molecule has 1 aliphatic heterocycles. The number of nitrogens with zero attached hydrogens (tertiary/aromatic N) is 2. The number of carboxylic acid groups (broad SMARTS) is 1. The first-order chi connectivity index (χ1) is 16.5. The van der Waals surface area contributed by atoms with Crippen LogP contribution in [0.25, 0.3) is 11.6 Å². The molecule has 1 N–H and O–H groups in total. The normalized spacial score (nSPS) is 12.9. The number of carbonyl (C=O) groups is 2. The summed E-state index contributed by atoms with van der Waals surface area (Å²) in [5.74, 6) is -0.524. The predicted molar refractivity (Wildman–Crippen MR) is 129 cm³/mol. The standard InChI is InChI=1S/C27H26N2O5/c1-3-34-27(32)24(20-10-13-28(14-11-20)18-26(30)31)17-19-4-9-25-21(16-19)12-15-29(25)22-5-7-23(33-2)8-6-22/h4-11,13-14,16-17H,3,12,15,18H2,1-2H3/p+1. The first kappa shape index (κ1) is 23.0. The number of rotatable bonds is 8. The van der Waals surface area contributed by atoms with Crippen LogP contribution >= 0.6 is 0 Å². The van der Waals surface area contributed by atoms with E-state index in [9.17, 15) is 9.59 Å². The number of methoxy groups -OCH3 is 1. The highest BCUT2D eigenvalue weighted by molar-refractivity contribution is 6.21. The molecule has 1 aromatic heterocycles. The van der Waals surface area contributed by atoms with Gasteiger partial charge >= 0.3 is 11.9 Å². The summed E-state index contributed by atoms with van der Waals surface area (Å²) in [6.07, 6.45) is 6.02. The van der Waals surface area contributed by atoms with Crippen LogP contribution < -0.4 is 14.2 Å². The Kier molecular flexibility index (Phi) is 6.92. The van der Waals surface area contributed by atoms with E-state index in [2.05, 4.69) is 17.0 Å². The van der Waals surface area contributed by atoms with Crippen LogP contribution in [-0.2, 0) is 27.3 Å². The summed E-state index contributed by atoms with van der Waals surface area (Å²) in [6, 6.07) is 17.6. The van der Waals surface area contributed by atoms with E-state index < -0.39 is 11.9 Å². The molecule has 0 amide bonds. The molecule has 7 heteroatoms. The van der Waals surface area contributed by atoms with Gasteiger partial charge in [0.15, 0.2) is 12.4 Å². The highest BCUT2D eigenvalue weighted by Gasteiger charge is 2.21. The fraction of sp³-hybridized carbons (Fsp3) is 0.222. The van der Waals surface area contributed by atoms with Crippen molar-refractivity contribution >= 4 is 35.0 Å². The van der Waals surface area contributed by atoms with Crippen molar-refractivity contribution in [2.75, 3.05) is 25.2 Å². The van der Waals surface area contributed by atoms with Gasteiger partial charge in [-0.15, -0.1) is 0 Å². The third kappa shape index (κ3) is 5.09. The molecular formula is C27H27N2O5+. The summed E-state index contributed by atoms with van der Waals surface area (Å²) >= 11 is 0. The number of fused-ring (bicyclic) bond motifs is 1. The largest absolute Gasteiger partial charge is 0.497 e. The Morgan fingerprint density at radius 3 is 2.47 bits per heavy atom. The van der Waals surface area contributed by atoms with Crippen molar-refractivity contribution in [3.05, 3.63) is 83.7 Å². The van der Waals surface area contributed by atoms with E-state index >= 15 is 0 Å². The second-order valence-corrected chi connectivity index (χ2v) is 7.92. The lowest BCUT2D eigenvalue weighted by Gasteiger charge is -2.20. The zero-order valence-electron chi connectivity index (χ0n) is 19.2. The second kappa shape index (κ2) is 10.2. The molecule has 3 aromatic rings. The Balaban J connectivity index is 1.63. The molecule has 0 unspecified atom stereocenters. The summed E-state index contributed by atoms with van der Waals surface area (Å²) in [5.41, 5.74) is 5.46. The van der Waals surface area contributed by atoms with Gasteiger partial charge in [-0.3, -0.25) is 0 Å². The van der Waals surface area contributed by atoms with Crippen LogP contribution in [0.2, 0.25) is 0 Å². The topological polar surface area (TPSA) is 80.0 Å². The number of pyridine rings is 1. The van der Waals surface area contributed by atoms with Gasteiger partial charge in [-0.1, -0.05) is 6.07 Å². The van der Waals surface area contributed by atoms with Crippen molar-refractivity contribution in [2.24, 2.45) is 0 Å². The average Bonchev–Trinajstić information content (AvgIpc) is 3.26. The van der Waals surface area contributed by atoms with E-state index in [1.807, 2.05) is 36.4 Å². The quantitative estimate of drug-likeness (QED) is 0.313. The molecule has 0 saturated carbocycles. The van der Waals surface area contributed by atoms with E-state index in [4.69, 9.17) is 14.6 Å². The number of esters is 1. The van der Waals surface area contributed by atoms with E-state index in [-0.39, 0.29) is 13.2 Å². The van der Waals surface area contributed by atoms with Crippen LogP contribution in [0.15, 0.2) is 67.0 Å². The van der Waals surface area contributed by atoms with Gasteiger partial charge < -0.3 is 19.5 Å². The maximum absolute atomic E-state index is 12.7. The fourth-order valence-corrected chi connectivity index (χ4v) is 4.08. The van der Waals surface area contributed by atoms with Crippen LogP contribution in [0.4, 0.5) is 11.4 Å². The van der Waals surface area contributed by atoms with Gasteiger partial charge in [0.05, 0.1) is 19.3 Å². The third-order valence-electron chi connectivity index (χ3n) is 5.71. The molecule has 0 bridgehead atoms. The Morgan fingerprint density at radius 2 is 1.82 bits per heavy atom. The van der Waals surface area contributed by atoms with Gasteiger partial charge in [0.25, 0.3) is 0 Å². The van der Waals surface area contributed by atoms with Gasteiger partial charge in [-0.25, -0.2) is 9.59 Å². The Morgan fingerprint density at radius 1 is 1.09 bits per heavy atom. The van der Waals surface area contributed by atoms with E-state index in [1.165, 1.54) is 10.1 Å². The van der Waals surface area contributed by atoms with Gasteiger partial charge in [0, 0.05) is 35.6 Å². The van der Waals surface area contributed by atoms with E-state index in [1.54, 1.807) is 38.6 Å². The lowest BCUT2D eigenvalue weighted by molar-refractivity contribution is -0.685. The molecule has 0 atom stereocenters. The maximum atomic E-state index is 12.7. The SMILES string of the molecule is CCOC(=O)/C(=C\c1ccc2c(c1)CCN2c1ccc(OC)cc1)c1cc[n+](CC(=O)O)cc1. The highest BCUT2D eigenvalue weighted by atomic mass is 16.5. The number of carboxylic acids is 1. The number of hydrogen-bond acceptors (Lipinski definition) is 5. The first-order valence-corrected chi connectivity index (χ1v) is 11.1. The molecule has 2 heterocycles. The number of hydrogen-bond donors (Lipinski definition) is 1. The van der Waals surface area contributed by atoms with Crippen molar-refractivity contribution in [1.82, 2.24) is 0 Å². The summed E-state index contributed by atoms with van der Waals surface area (Å²) in [7, 11) is 1.66. The monoisotopic (exact) mass is 459 g/mol. The van der Waals surface area contributed by atoms with E-state index in [0.29, 0.717) is 11.1 Å². The Bertz CT molecular complexity index is 1220. The number of aliphatic carboxylic acids is 1. The number of carbonyl (C=O) groups excluding carboxylic acids is 1. The molecule has 0 fully saturated rings. The minimum atomic E-state index is -0.930.